The van der Waals surface area contributed by atoms with Crippen LogP contribution in [0.1, 0.15) is 25.8 Å². The van der Waals surface area contributed by atoms with Crippen molar-refractivity contribution in [3.63, 3.8) is 0 Å². The smallest absolute Gasteiger partial charge is 0.220 e. The highest BCUT2D eigenvalue weighted by atomic mass is 19.1. The van der Waals surface area contributed by atoms with E-state index in [1.807, 2.05) is 14.1 Å². The van der Waals surface area contributed by atoms with Crippen molar-refractivity contribution in [2.75, 3.05) is 20.6 Å². The number of hydrogen-bond acceptors (Lipinski definition) is 2. The molecule has 0 saturated heterocycles. The molecule has 0 heterocycles. The average Bonchev–Trinajstić information content (AvgIpc) is 2.35. The summed E-state index contributed by atoms with van der Waals surface area (Å²) < 4.78 is 12.7. The maximum absolute atomic E-state index is 12.7. The number of likely N-dealkylation sites (N-methyl/N-ethyl adjacent to an activating group) is 1. The molecule has 4 heteroatoms. The zero-order valence-electron chi connectivity index (χ0n) is 12.2. The van der Waals surface area contributed by atoms with E-state index in [0.717, 1.165) is 5.56 Å². The second-order valence-electron chi connectivity index (χ2n) is 5.61. The fraction of sp³-hybridized carbons (Fsp3) is 0.533. The molecule has 0 aromatic heterocycles. The zero-order chi connectivity index (χ0) is 14.5. The first-order valence-electron chi connectivity index (χ1n) is 6.50. The zero-order valence-corrected chi connectivity index (χ0v) is 12.2. The Bertz CT molecular complexity index is 413. The number of hydrogen-bond donors (Lipinski definition) is 1. The van der Waals surface area contributed by atoms with Crippen LogP contribution in [0.3, 0.4) is 0 Å². The largest absolute Gasteiger partial charge is 0.354 e. The van der Waals surface area contributed by atoms with Gasteiger partial charge in [0.05, 0.1) is 0 Å². The van der Waals surface area contributed by atoms with Crippen LogP contribution in [0.15, 0.2) is 24.3 Å². The van der Waals surface area contributed by atoms with Crippen LogP contribution in [-0.2, 0) is 11.2 Å². The molecule has 0 spiro atoms. The highest BCUT2D eigenvalue weighted by Crippen LogP contribution is 2.08. The molecular formula is C15H23FN2O. The molecule has 3 nitrogen and oxygen atoms in total. The summed E-state index contributed by atoms with van der Waals surface area (Å²) in [6.07, 6.45) is 1.06. The van der Waals surface area contributed by atoms with Crippen LogP contribution in [0.4, 0.5) is 4.39 Å². The SMILES string of the molecule is CN(C)C(C)(C)CNC(=O)CCc1ccc(F)cc1. The van der Waals surface area contributed by atoms with Gasteiger partial charge in [-0.05, 0) is 52.1 Å². The maximum Gasteiger partial charge on any atom is 0.220 e. The van der Waals surface area contributed by atoms with Crippen molar-refractivity contribution in [2.45, 2.75) is 32.2 Å². The first-order chi connectivity index (χ1) is 8.81. The Kier molecular flexibility index (Phi) is 5.48. The molecule has 0 atom stereocenters. The van der Waals surface area contributed by atoms with Crippen LogP contribution < -0.4 is 5.32 Å². The van der Waals surface area contributed by atoms with Gasteiger partial charge in [-0.1, -0.05) is 12.1 Å². The first kappa shape index (κ1) is 15.6. The molecule has 0 unspecified atom stereocenters. The van der Waals surface area contributed by atoms with Crippen molar-refractivity contribution in [2.24, 2.45) is 0 Å². The Balaban J connectivity index is 2.34. The minimum atomic E-state index is -0.249. The molecule has 0 radical (unpaired) electrons. The Morgan fingerprint density at radius 2 is 1.84 bits per heavy atom. The molecule has 0 saturated carbocycles. The summed E-state index contributed by atoms with van der Waals surface area (Å²) in [5, 5.41) is 2.93. The third-order valence-electron chi connectivity index (χ3n) is 3.48. The summed E-state index contributed by atoms with van der Waals surface area (Å²) in [5.41, 5.74) is 0.911. The fourth-order valence-electron chi connectivity index (χ4n) is 1.47. The number of carbonyl (C=O) groups is 1. The standard InChI is InChI=1S/C15H23FN2O/c1-15(2,18(3)4)11-17-14(19)10-7-12-5-8-13(16)9-6-12/h5-6,8-9H,7,10-11H2,1-4H3,(H,17,19). The number of carbonyl (C=O) groups excluding carboxylic acids is 1. The van der Waals surface area contributed by atoms with Crippen molar-refractivity contribution in [3.8, 4) is 0 Å². The number of rotatable bonds is 6. The number of nitrogens with zero attached hydrogens (tertiary/aromatic N) is 1. The fourth-order valence-corrected chi connectivity index (χ4v) is 1.47. The number of halogens is 1. The van der Waals surface area contributed by atoms with Gasteiger partial charge in [-0.15, -0.1) is 0 Å². The van der Waals surface area contributed by atoms with Crippen molar-refractivity contribution in [3.05, 3.63) is 35.6 Å². The molecule has 0 bridgehead atoms. The normalized spacial score (nSPS) is 11.7. The third-order valence-corrected chi connectivity index (χ3v) is 3.48. The highest BCUT2D eigenvalue weighted by molar-refractivity contribution is 5.76. The second-order valence-corrected chi connectivity index (χ2v) is 5.61. The van der Waals surface area contributed by atoms with Gasteiger partial charge in [-0.25, -0.2) is 4.39 Å². The molecule has 0 aliphatic heterocycles. The molecule has 0 aliphatic carbocycles. The molecule has 0 aliphatic rings. The second kappa shape index (κ2) is 6.66. The van der Waals surface area contributed by atoms with Crippen molar-refractivity contribution >= 4 is 5.91 Å². The summed E-state index contributed by atoms with van der Waals surface area (Å²) in [6, 6.07) is 6.27. The molecule has 0 fully saturated rings. The summed E-state index contributed by atoms with van der Waals surface area (Å²) in [6.45, 7) is 4.77. The summed E-state index contributed by atoms with van der Waals surface area (Å²) in [4.78, 5) is 13.8. The number of amides is 1. The Hall–Kier alpha value is -1.42. The molecule has 1 aromatic carbocycles. The van der Waals surface area contributed by atoms with E-state index in [2.05, 4.69) is 24.1 Å². The monoisotopic (exact) mass is 266 g/mol. The minimum absolute atomic E-state index is 0.0271. The predicted octanol–water partition coefficient (Wildman–Crippen LogP) is 2.21. The highest BCUT2D eigenvalue weighted by Gasteiger charge is 2.20. The van der Waals surface area contributed by atoms with Gasteiger partial charge in [0.2, 0.25) is 5.91 Å². The summed E-state index contributed by atoms with van der Waals surface area (Å²) >= 11 is 0. The van der Waals surface area contributed by atoms with E-state index in [4.69, 9.17) is 0 Å². The average molecular weight is 266 g/mol. The predicted molar refractivity (Wildman–Crippen MR) is 75.5 cm³/mol. The summed E-state index contributed by atoms with van der Waals surface area (Å²) in [7, 11) is 3.98. The van der Waals surface area contributed by atoms with E-state index in [1.165, 1.54) is 12.1 Å². The first-order valence-corrected chi connectivity index (χ1v) is 6.50. The minimum Gasteiger partial charge on any atom is -0.354 e. The van der Waals surface area contributed by atoms with Crippen molar-refractivity contribution in [1.29, 1.82) is 0 Å². The number of aryl methyl sites for hydroxylation is 1. The molecule has 106 valence electrons. The van der Waals surface area contributed by atoms with Gasteiger partial charge in [-0.3, -0.25) is 4.79 Å². The quantitative estimate of drug-likeness (QED) is 0.856. The topological polar surface area (TPSA) is 32.3 Å². The van der Waals surface area contributed by atoms with Crippen LogP contribution in [0.2, 0.25) is 0 Å². The van der Waals surface area contributed by atoms with Crippen molar-refractivity contribution in [1.82, 2.24) is 10.2 Å². The van der Waals surface area contributed by atoms with E-state index in [-0.39, 0.29) is 17.3 Å². The third kappa shape index (κ3) is 5.39. The van der Waals surface area contributed by atoms with E-state index in [1.54, 1.807) is 12.1 Å². The lowest BCUT2D eigenvalue weighted by Crippen LogP contribution is -2.48. The number of nitrogens with one attached hydrogen (secondary N) is 1. The van der Waals surface area contributed by atoms with Crippen LogP contribution in [0.25, 0.3) is 0 Å². The van der Waals surface area contributed by atoms with Crippen LogP contribution >= 0.6 is 0 Å². The van der Waals surface area contributed by atoms with Gasteiger partial charge in [0.15, 0.2) is 0 Å². The number of benzene rings is 1. The lowest BCUT2D eigenvalue weighted by Gasteiger charge is -2.32. The molecule has 1 aromatic rings. The van der Waals surface area contributed by atoms with Crippen LogP contribution in [0.5, 0.6) is 0 Å². The van der Waals surface area contributed by atoms with Gasteiger partial charge in [0, 0.05) is 18.5 Å². The van der Waals surface area contributed by atoms with Crippen LogP contribution in [0, 0.1) is 5.82 Å². The van der Waals surface area contributed by atoms with Gasteiger partial charge in [0.25, 0.3) is 0 Å². The Morgan fingerprint density at radius 3 is 2.37 bits per heavy atom. The lowest BCUT2D eigenvalue weighted by molar-refractivity contribution is -0.121. The molecule has 1 N–H and O–H groups in total. The van der Waals surface area contributed by atoms with Crippen LogP contribution in [-0.4, -0.2) is 37.0 Å². The Labute approximate surface area is 114 Å². The van der Waals surface area contributed by atoms with Gasteiger partial charge in [-0.2, -0.15) is 0 Å². The lowest BCUT2D eigenvalue weighted by atomic mass is 10.0. The van der Waals surface area contributed by atoms with Gasteiger partial charge in [0.1, 0.15) is 5.82 Å². The molecule has 19 heavy (non-hydrogen) atoms. The Morgan fingerprint density at radius 1 is 1.26 bits per heavy atom. The molecular weight excluding hydrogens is 243 g/mol. The van der Waals surface area contributed by atoms with Crippen molar-refractivity contribution < 1.29 is 9.18 Å². The van der Waals surface area contributed by atoms with Gasteiger partial charge >= 0.3 is 0 Å². The molecule has 1 amide bonds. The summed E-state index contributed by atoms with van der Waals surface area (Å²) in [5.74, 6) is -0.222. The van der Waals surface area contributed by atoms with Gasteiger partial charge < -0.3 is 10.2 Å². The molecule has 1 rings (SSSR count). The van der Waals surface area contributed by atoms with E-state index >= 15 is 0 Å². The maximum atomic E-state index is 12.7. The van der Waals surface area contributed by atoms with E-state index in [0.29, 0.717) is 19.4 Å². The van der Waals surface area contributed by atoms with E-state index < -0.39 is 0 Å². The van der Waals surface area contributed by atoms with E-state index in [9.17, 15) is 9.18 Å².